The molecule has 0 aliphatic heterocycles. The Morgan fingerprint density at radius 2 is 1.47 bits per heavy atom. The molecule has 1 unspecified atom stereocenters. The van der Waals surface area contributed by atoms with E-state index in [9.17, 15) is 16.8 Å². The number of rotatable bonds is 9. The maximum atomic E-state index is 10.7. The van der Waals surface area contributed by atoms with Gasteiger partial charge in [0.15, 0.2) is 0 Å². The van der Waals surface area contributed by atoms with Gasteiger partial charge in [0.1, 0.15) is 11.5 Å². The van der Waals surface area contributed by atoms with Crippen LogP contribution in [0.1, 0.15) is 33.1 Å². The Bertz CT molecular complexity index is 397. The molecular formula is C9H21NaO7S2. The monoisotopic (exact) mass is 328 g/mol. The third-order valence-corrected chi connectivity index (χ3v) is 3.77. The van der Waals surface area contributed by atoms with Crippen molar-refractivity contribution in [2.45, 2.75) is 45.3 Å². The van der Waals surface area contributed by atoms with Crippen LogP contribution in [0.15, 0.2) is 0 Å². The SMILES string of the molecule is CCCCC(C)OC(CS(=O)(=O)O)CS(=O)(=O)O.[NaH]. The summed E-state index contributed by atoms with van der Waals surface area (Å²) in [6, 6.07) is 0. The summed E-state index contributed by atoms with van der Waals surface area (Å²) < 4.78 is 65.5. The van der Waals surface area contributed by atoms with Gasteiger partial charge in [-0.3, -0.25) is 9.11 Å². The Morgan fingerprint density at radius 1 is 1.05 bits per heavy atom. The molecule has 0 fully saturated rings. The van der Waals surface area contributed by atoms with Crippen molar-refractivity contribution in [3.8, 4) is 0 Å². The predicted molar refractivity (Wildman–Crippen MR) is 73.8 cm³/mol. The van der Waals surface area contributed by atoms with Gasteiger partial charge in [-0.25, -0.2) is 0 Å². The van der Waals surface area contributed by atoms with E-state index in [1.54, 1.807) is 6.92 Å². The maximum absolute atomic E-state index is 10.7. The van der Waals surface area contributed by atoms with Gasteiger partial charge >= 0.3 is 29.6 Å². The zero-order valence-corrected chi connectivity index (χ0v) is 12.1. The summed E-state index contributed by atoms with van der Waals surface area (Å²) in [6.07, 6.45) is 0.796. The molecule has 0 aromatic heterocycles. The van der Waals surface area contributed by atoms with Crippen molar-refractivity contribution < 1.29 is 30.7 Å². The molecule has 1 atom stereocenters. The van der Waals surface area contributed by atoms with Gasteiger partial charge in [0.2, 0.25) is 0 Å². The third-order valence-electron chi connectivity index (χ3n) is 2.18. The van der Waals surface area contributed by atoms with E-state index >= 15 is 0 Å². The molecule has 0 radical (unpaired) electrons. The minimum absolute atomic E-state index is 0. The zero-order valence-electron chi connectivity index (χ0n) is 10.4. The van der Waals surface area contributed by atoms with Crippen LogP contribution in [-0.2, 0) is 25.0 Å². The Labute approximate surface area is 136 Å². The molecule has 0 bridgehead atoms. The van der Waals surface area contributed by atoms with Crippen LogP contribution in [0.5, 0.6) is 0 Å². The summed E-state index contributed by atoms with van der Waals surface area (Å²) in [7, 11) is -8.72. The van der Waals surface area contributed by atoms with E-state index in [2.05, 4.69) is 0 Å². The molecule has 0 rings (SSSR count). The molecule has 7 nitrogen and oxygen atoms in total. The first-order valence-electron chi connectivity index (χ1n) is 5.59. The van der Waals surface area contributed by atoms with E-state index in [1.165, 1.54) is 0 Å². The van der Waals surface area contributed by atoms with Crippen LogP contribution < -0.4 is 0 Å². The van der Waals surface area contributed by atoms with Gasteiger partial charge in [-0.2, -0.15) is 16.8 Å². The van der Waals surface area contributed by atoms with Crippen LogP contribution in [0.3, 0.4) is 0 Å². The van der Waals surface area contributed by atoms with Gasteiger partial charge in [-0.15, -0.1) is 0 Å². The summed E-state index contributed by atoms with van der Waals surface area (Å²) in [6.45, 7) is 3.65. The number of hydrogen-bond donors (Lipinski definition) is 2. The molecule has 0 saturated heterocycles. The molecule has 0 aromatic rings. The molecule has 0 heterocycles. The fourth-order valence-corrected chi connectivity index (χ4v) is 2.97. The minimum atomic E-state index is -4.36. The molecule has 10 heteroatoms. The van der Waals surface area contributed by atoms with Gasteiger partial charge < -0.3 is 4.74 Å². The zero-order chi connectivity index (χ0) is 14.4. The summed E-state index contributed by atoms with van der Waals surface area (Å²) in [5.41, 5.74) is 0. The van der Waals surface area contributed by atoms with Crippen molar-refractivity contribution in [1.29, 1.82) is 0 Å². The van der Waals surface area contributed by atoms with Crippen LogP contribution in [-0.4, -0.2) is 79.2 Å². The normalized spacial score (nSPS) is 14.2. The van der Waals surface area contributed by atoms with Crippen LogP contribution in [0, 0.1) is 0 Å². The first kappa shape index (κ1) is 22.1. The van der Waals surface area contributed by atoms with Crippen molar-refractivity contribution in [2.24, 2.45) is 0 Å². The van der Waals surface area contributed by atoms with Crippen LogP contribution in [0.25, 0.3) is 0 Å². The summed E-state index contributed by atoms with van der Waals surface area (Å²) in [4.78, 5) is 0. The molecular weight excluding hydrogens is 307 g/mol. The Morgan fingerprint density at radius 3 is 1.79 bits per heavy atom. The third kappa shape index (κ3) is 15.0. The van der Waals surface area contributed by atoms with Crippen molar-refractivity contribution in [3.05, 3.63) is 0 Å². The van der Waals surface area contributed by atoms with Crippen molar-refractivity contribution >= 4 is 49.8 Å². The first-order valence-corrected chi connectivity index (χ1v) is 8.81. The van der Waals surface area contributed by atoms with E-state index in [0.29, 0.717) is 6.42 Å². The van der Waals surface area contributed by atoms with E-state index in [1.807, 2.05) is 6.92 Å². The second-order valence-corrected chi connectivity index (χ2v) is 7.20. The van der Waals surface area contributed by atoms with Gasteiger partial charge in [0, 0.05) is 0 Å². The average molecular weight is 328 g/mol. The van der Waals surface area contributed by atoms with Gasteiger partial charge in [-0.05, 0) is 13.3 Å². The fraction of sp³-hybridized carbons (Fsp3) is 1.00. The average Bonchev–Trinajstić information content (AvgIpc) is 2.08. The fourth-order valence-electron chi connectivity index (χ4n) is 1.48. The first-order chi connectivity index (χ1) is 8.03. The van der Waals surface area contributed by atoms with Crippen molar-refractivity contribution in [1.82, 2.24) is 0 Å². The number of unbranched alkanes of at least 4 members (excludes halogenated alkanes) is 1. The molecule has 2 N–H and O–H groups in total. The van der Waals surface area contributed by atoms with Crippen LogP contribution in [0.4, 0.5) is 0 Å². The predicted octanol–water partition coefficient (Wildman–Crippen LogP) is 0.0774. The van der Waals surface area contributed by atoms with Gasteiger partial charge in [0.05, 0.1) is 12.2 Å². The Kier molecular flexibility index (Phi) is 11.2. The van der Waals surface area contributed by atoms with E-state index in [0.717, 1.165) is 12.8 Å². The Balaban J connectivity index is 0. The Hall–Kier alpha value is 0.780. The second-order valence-electron chi connectivity index (χ2n) is 4.21. The molecule has 0 saturated carbocycles. The van der Waals surface area contributed by atoms with Gasteiger partial charge in [-0.1, -0.05) is 19.8 Å². The van der Waals surface area contributed by atoms with Crippen LogP contribution >= 0.6 is 0 Å². The standard InChI is InChI=1S/C9H20O7S2.Na.H/c1-3-4-5-8(2)16-9(6-17(10,11)12)7-18(13,14)15;;/h8-9H,3-7H2,1-2H3,(H,10,11,12)(H,13,14,15);;. The number of ether oxygens (including phenoxy) is 1. The van der Waals surface area contributed by atoms with Gasteiger partial charge in [0.25, 0.3) is 20.2 Å². The van der Waals surface area contributed by atoms with E-state index < -0.39 is 37.8 Å². The van der Waals surface area contributed by atoms with Crippen molar-refractivity contribution in [3.63, 3.8) is 0 Å². The van der Waals surface area contributed by atoms with Crippen LogP contribution in [0.2, 0.25) is 0 Å². The quantitative estimate of drug-likeness (QED) is 0.454. The molecule has 0 aliphatic rings. The molecule has 0 spiro atoms. The summed E-state index contributed by atoms with van der Waals surface area (Å²) >= 11 is 0. The van der Waals surface area contributed by atoms with Crippen molar-refractivity contribution in [2.75, 3.05) is 11.5 Å². The molecule has 112 valence electrons. The molecule has 19 heavy (non-hydrogen) atoms. The van der Waals surface area contributed by atoms with E-state index in [4.69, 9.17) is 13.8 Å². The summed E-state index contributed by atoms with van der Waals surface area (Å²) in [5.74, 6) is -1.72. The molecule has 0 amide bonds. The molecule has 0 aromatic carbocycles. The topological polar surface area (TPSA) is 118 Å². The number of hydrogen-bond acceptors (Lipinski definition) is 5. The van der Waals surface area contributed by atoms with E-state index in [-0.39, 0.29) is 35.7 Å². The second kappa shape index (κ2) is 9.67. The summed E-state index contributed by atoms with van der Waals surface area (Å²) in [5, 5.41) is 0. The molecule has 0 aliphatic carbocycles.